The molecule has 0 fully saturated rings. The Morgan fingerprint density at radius 3 is 2.69 bits per heavy atom. The van der Waals surface area contributed by atoms with Gasteiger partial charge >= 0.3 is 0 Å². The topological polar surface area (TPSA) is 58.9 Å². The van der Waals surface area contributed by atoms with E-state index in [1.54, 1.807) is 0 Å². The maximum atomic E-state index is 12.3. The second kappa shape index (κ2) is 3.97. The first-order valence-electron chi connectivity index (χ1n) is 3.46. The maximum Gasteiger partial charge on any atom is 0.266 e. The lowest BCUT2D eigenvalue weighted by Gasteiger charge is -2.04. The number of alkyl halides is 2. The summed E-state index contributed by atoms with van der Waals surface area (Å²) in [5.74, 6) is 0. The molecule has 0 spiro atoms. The predicted octanol–water partition coefficient (Wildman–Crippen LogP) is 1.53. The van der Waals surface area contributed by atoms with Crippen molar-refractivity contribution in [2.24, 2.45) is 5.73 Å². The van der Waals surface area contributed by atoms with Gasteiger partial charge in [0, 0.05) is 17.7 Å². The van der Waals surface area contributed by atoms with Crippen molar-refractivity contribution in [1.29, 1.82) is 0 Å². The zero-order valence-corrected chi connectivity index (χ0v) is 8.07. The second-order valence-corrected chi connectivity index (χ2v) is 3.19. The van der Waals surface area contributed by atoms with Crippen LogP contribution in [0.15, 0.2) is 15.5 Å². The molecule has 1 aromatic heterocycles. The van der Waals surface area contributed by atoms with Gasteiger partial charge in [-0.15, -0.1) is 0 Å². The van der Waals surface area contributed by atoms with E-state index in [0.29, 0.717) is 0 Å². The van der Waals surface area contributed by atoms with Crippen LogP contribution in [0.3, 0.4) is 0 Å². The maximum absolute atomic E-state index is 12.3. The lowest BCUT2D eigenvalue weighted by Crippen LogP contribution is -2.17. The summed E-state index contributed by atoms with van der Waals surface area (Å²) in [6.45, 7) is -0.0532. The average Bonchev–Trinajstić information content (AvgIpc) is 2.03. The average molecular weight is 253 g/mol. The summed E-state index contributed by atoms with van der Waals surface area (Å²) >= 11 is 2.83. The molecule has 0 unspecified atom stereocenters. The van der Waals surface area contributed by atoms with Crippen LogP contribution in [0.5, 0.6) is 0 Å². The summed E-state index contributed by atoms with van der Waals surface area (Å²) in [5, 5.41) is 0. The Hall–Kier alpha value is -0.750. The molecule has 3 nitrogen and oxygen atoms in total. The van der Waals surface area contributed by atoms with E-state index in [2.05, 4.69) is 20.9 Å². The summed E-state index contributed by atoms with van der Waals surface area (Å²) in [4.78, 5) is 13.3. The third-order valence-electron chi connectivity index (χ3n) is 1.55. The Kier molecular flexibility index (Phi) is 3.16. The van der Waals surface area contributed by atoms with Gasteiger partial charge in [-0.2, -0.15) is 0 Å². The van der Waals surface area contributed by atoms with Crippen LogP contribution < -0.4 is 11.3 Å². The molecule has 0 saturated heterocycles. The lowest BCUT2D eigenvalue weighted by molar-refractivity contribution is 0.150. The fourth-order valence-electron chi connectivity index (χ4n) is 0.879. The van der Waals surface area contributed by atoms with Crippen LogP contribution in [-0.2, 0) is 6.54 Å². The smallest absolute Gasteiger partial charge is 0.266 e. The summed E-state index contributed by atoms with van der Waals surface area (Å²) in [6, 6.07) is 1.10. The summed E-state index contributed by atoms with van der Waals surface area (Å²) in [6.07, 6.45) is -2.63. The van der Waals surface area contributed by atoms with Crippen LogP contribution in [0.4, 0.5) is 8.78 Å². The number of H-pyrrole nitrogens is 1. The van der Waals surface area contributed by atoms with Crippen LogP contribution in [0, 0.1) is 0 Å². The van der Waals surface area contributed by atoms with Gasteiger partial charge in [0.25, 0.3) is 12.0 Å². The quantitative estimate of drug-likeness (QED) is 0.785. The minimum atomic E-state index is -2.63. The molecule has 1 heterocycles. The minimum absolute atomic E-state index is 0.00435. The Morgan fingerprint density at radius 1 is 1.62 bits per heavy atom. The number of nitrogens with one attached hydrogen (secondary N) is 1. The molecule has 0 bridgehead atoms. The number of aromatic nitrogens is 1. The number of aromatic amines is 1. The van der Waals surface area contributed by atoms with Crippen molar-refractivity contribution in [2.45, 2.75) is 13.0 Å². The Bertz CT molecular complexity index is 364. The van der Waals surface area contributed by atoms with E-state index in [0.717, 1.165) is 6.07 Å². The van der Waals surface area contributed by atoms with E-state index < -0.39 is 12.0 Å². The molecule has 0 radical (unpaired) electrons. The fraction of sp³-hybridized carbons (Fsp3) is 0.286. The minimum Gasteiger partial charge on any atom is -0.326 e. The van der Waals surface area contributed by atoms with Gasteiger partial charge in [-0.3, -0.25) is 4.79 Å². The van der Waals surface area contributed by atoms with Crippen molar-refractivity contribution in [1.82, 2.24) is 4.98 Å². The van der Waals surface area contributed by atoms with E-state index in [9.17, 15) is 13.6 Å². The molecule has 0 atom stereocenters. The molecule has 6 heteroatoms. The number of rotatable bonds is 2. The zero-order valence-electron chi connectivity index (χ0n) is 6.48. The highest BCUT2D eigenvalue weighted by Gasteiger charge is 2.14. The van der Waals surface area contributed by atoms with E-state index in [1.807, 2.05) is 0 Å². The number of nitrogens with two attached hydrogens (primary N) is 1. The summed E-state index contributed by atoms with van der Waals surface area (Å²) < 4.78 is 24.6. The Labute approximate surface area is 81.1 Å². The molecule has 0 aliphatic heterocycles. The third-order valence-corrected chi connectivity index (χ3v) is 2.21. The molecule has 1 rings (SSSR count). The molecule has 0 aromatic carbocycles. The van der Waals surface area contributed by atoms with Crippen LogP contribution >= 0.6 is 15.9 Å². The first kappa shape index (κ1) is 10.3. The van der Waals surface area contributed by atoms with Crippen molar-refractivity contribution in [3.63, 3.8) is 0 Å². The molecule has 0 saturated carbocycles. The third kappa shape index (κ3) is 2.13. The van der Waals surface area contributed by atoms with Crippen LogP contribution in [0.25, 0.3) is 0 Å². The number of hydrogen-bond acceptors (Lipinski definition) is 2. The van der Waals surface area contributed by atoms with Gasteiger partial charge in [0.05, 0.1) is 4.60 Å². The van der Waals surface area contributed by atoms with Crippen LogP contribution in [0.1, 0.15) is 17.6 Å². The van der Waals surface area contributed by atoms with Crippen LogP contribution in [-0.4, -0.2) is 4.98 Å². The normalized spacial score (nSPS) is 10.8. The predicted molar refractivity (Wildman–Crippen MR) is 47.6 cm³/mol. The number of pyridine rings is 1. The molecule has 0 aliphatic carbocycles. The van der Waals surface area contributed by atoms with E-state index in [4.69, 9.17) is 5.73 Å². The summed E-state index contributed by atoms with van der Waals surface area (Å²) in [5.41, 5.74) is 4.65. The van der Waals surface area contributed by atoms with Crippen molar-refractivity contribution in [2.75, 3.05) is 0 Å². The number of hydrogen-bond donors (Lipinski definition) is 2. The molecular formula is C7H7BrF2N2O. The molecule has 13 heavy (non-hydrogen) atoms. The SMILES string of the molecule is NCc1cc(C(F)F)c(Br)[nH]c1=O. The molecule has 1 aromatic rings. The van der Waals surface area contributed by atoms with Gasteiger partial charge in [0.15, 0.2) is 0 Å². The van der Waals surface area contributed by atoms with Gasteiger partial charge < -0.3 is 10.7 Å². The monoisotopic (exact) mass is 252 g/mol. The summed E-state index contributed by atoms with van der Waals surface area (Å²) in [7, 11) is 0. The Morgan fingerprint density at radius 2 is 2.23 bits per heavy atom. The van der Waals surface area contributed by atoms with E-state index >= 15 is 0 Å². The van der Waals surface area contributed by atoms with Gasteiger partial charge in [0.1, 0.15) is 0 Å². The highest BCUT2D eigenvalue weighted by molar-refractivity contribution is 9.10. The second-order valence-electron chi connectivity index (χ2n) is 2.40. The molecule has 3 N–H and O–H groups in total. The largest absolute Gasteiger partial charge is 0.326 e. The first-order valence-corrected chi connectivity index (χ1v) is 4.25. The van der Waals surface area contributed by atoms with Crippen molar-refractivity contribution < 1.29 is 8.78 Å². The number of halogens is 3. The molecule has 72 valence electrons. The van der Waals surface area contributed by atoms with Gasteiger partial charge in [-0.1, -0.05) is 0 Å². The standard InChI is InChI=1S/C7H7BrF2N2O/c8-5-4(6(9)10)1-3(2-11)7(13)12-5/h1,6H,2,11H2,(H,12,13). The van der Waals surface area contributed by atoms with Crippen molar-refractivity contribution in [3.8, 4) is 0 Å². The molecule has 0 aliphatic rings. The van der Waals surface area contributed by atoms with E-state index in [1.165, 1.54) is 0 Å². The van der Waals surface area contributed by atoms with E-state index in [-0.39, 0.29) is 22.3 Å². The zero-order chi connectivity index (χ0) is 10.0. The van der Waals surface area contributed by atoms with Crippen molar-refractivity contribution >= 4 is 15.9 Å². The Balaban J connectivity index is 3.31. The molecule has 0 amide bonds. The fourth-order valence-corrected chi connectivity index (χ4v) is 1.35. The first-order chi connectivity index (χ1) is 6.06. The van der Waals surface area contributed by atoms with Crippen molar-refractivity contribution in [3.05, 3.63) is 32.2 Å². The van der Waals surface area contributed by atoms with Gasteiger partial charge in [-0.25, -0.2) is 8.78 Å². The van der Waals surface area contributed by atoms with Gasteiger partial charge in [0.2, 0.25) is 0 Å². The highest BCUT2D eigenvalue weighted by Crippen LogP contribution is 2.24. The highest BCUT2D eigenvalue weighted by atomic mass is 79.9. The molecular weight excluding hydrogens is 246 g/mol. The van der Waals surface area contributed by atoms with Crippen LogP contribution in [0.2, 0.25) is 0 Å². The lowest BCUT2D eigenvalue weighted by atomic mass is 10.2. The van der Waals surface area contributed by atoms with Gasteiger partial charge in [-0.05, 0) is 22.0 Å².